The zero-order chi connectivity index (χ0) is 19.4. The van der Waals surface area contributed by atoms with E-state index in [0.717, 1.165) is 50.3 Å². The van der Waals surface area contributed by atoms with Gasteiger partial charge in [-0.05, 0) is 56.2 Å². The highest BCUT2D eigenvalue weighted by atomic mass is 16.5. The highest BCUT2D eigenvalue weighted by Gasteiger charge is 2.44. The number of carbonyl (C=O) groups is 2. The molecule has 0 bridgehead atoms. The number of imide groups is 1. The van der Waals surface area contributed by atoms with E-state index in [1.54, 1.807) is 14.2 Å². The van der Waals surface area contributed by atoms with E-state index in [0.29, 0.717) is 18.9 Å². The minimum absolute atomic E-state index is 0.00410. The molecule has 3 rings (SSSR count). The summed E-state index contributed by atoms with van der Waals surface area (Å²) in [5, 5.41) is 0. The molecule has 2 heterocycles. The SMILES string of the molecule is CCN1C(=O)C[C@@H]([NH+]2CCC(CCc3ccc(OC)c(OC)c3)CC2)C1=O. The van der Waals surface area contributed by atoms with Crippen molar-refractivity contribution in [3.05, 3.63) is 23.8 Å². The van der Waals surface area contributed by atoms with Crippen LogP contribution in [0.5, 0.6) is 11.5 Å². The Morgan fingerprint density at radius 3 is 2.41 bits per heavy atom. The minimum Gasteiger partial charge on any atom is -0.493 e. The van der Waals surface area contributed by atoms with E-state index in [9.17, 15) is 9.59 Å². The molecule has 148 valence electrons. The van der Waals surface area contributed by atoms with E-state index in [4.69, 9.17) is 9.47 Å². The summed E-state index contributed by atoms with van der Waals surface area (Å²) in [5.74, 6) is 2.24. The summed E-state index contributed by atoms with van der Waals surface area (Å²) in [6.45, 7) is 4.33. The fourth-order valence-corrected chi connectivity index (χ4v) is 4.43. The van der Waals surface area contributed by atoms with Gasteiger partial charge in [0.1, 0.15) is 0 Å². The molecular weight excluding hydrogens is 344 g/mol. The Kier molecular flexibility index (Phi) is 6.37. The van der Waals surface area contributed by atoms with E-state index in [-0.39, 0.29) is 17.9 Å². The first kappa shape index (κ1) is 19.7. The van der Waals surface area contributed by atoms with Crippen molar-refractivity contribution in [1.82, 2.24) is 4.90 Å². The van der Waals surface area contributed by atoms with Crippen molar-refractivity contribution < 1.29 is 24.0 Å². The number of likely N-dealkylation sites (tertiary alicyclic amines) is 2. The molecule has 2 saturated heterocycles. The lowest BCUT2D eigenvalue weighted by molar-refractivity contribution is -0.921. The molecule has 0 unspecified atom stereocenters. The molecular formula is C21H31N2O4+. The number of methoxy groups -OCH3 is 2. The number of rotatable bonds is 7. The molecule has 0 radical (unpaired) electrons. The van der Waals surface area contributed by atoms with Gasteiger partial charge in [-0.1, -0.05) is 6.07 Å². The van der Waals surface area contributed by atoms with Gasteiger partial charge < -0.3 is 14.4 Å². The minimum atomic E-state index is -0.149. The molecule has 0 spiro atoms. The second-order valence-electron chi connectivity index (χ2n) is 7.56. The maximum Gasteiger partial charge on any atom is 0.287 e. The quantitative estimate of drug-likeness (QED) is 0.725. The normalized spacial score (nSPS) is 25.7. The van der Waals surface area contributed by atoms with Gasteiger partial charge in [-0.2, -0.15) is 0 Å². The summed E-state index contributed by atoms with van der Waals surface area (Å²) >= 11 is 0. The Morgan fingerprint density at radius 2 is 1.81 bits per heavy atom. The van der Waals surface area contributed by atoms with E-state index < -0.39 is 0 Å². The molecule has 1 atom stereocenters. The molecule has 0 aromatic heterocycles. The first-order valence-electron chi connectivity index (χ1n) is 9.97. The number of piperidine rings is 1. The molecule has 1 N–H and O–H groups in total. The lowest BCUT2D eigenvalue weighted by Gasteiger charge is -2.32. The van der Waals surface area contributed by atoms with Crippen LogP contribution in [-0.2, 0) is 16.0 Å². The van der Waals surface area contributed by atoms with Gasteiger partial charge in [0.15, 0.2) is 17.5 Å². The number of quaternary nitrogens is 1. The number of amides is 2. The van der Waals surface area contributed by atoms with Crippen molar-refractivity contribution in [3.8, 4) is 11.5 Å². The van der Waals surface area contributed by atoms with E-state index in [1.807, 2.05) is 13.0 Å². The summed E-state index contributed by atoms with van der Waals surface area (Å²) in [6, 6.07) is 5.97. The zero-order valence-electron chi connectivity index (χ0n) is 16.6. The van der Waals surface area contributed by atoms with Gasteiger partial charge in [-0.25, -0.2) is 0 Å². The molecule has 6 heteroatoms. The molecule has 2 fully saturated rings. The summed E-state index contributed by atoms with van der Waals surface area (Å²) < 4.78 is 10.7. The van der Waals surface area contributed by atoms with Gasteiger partial charge in [0.2, 0.25) is 5.91 Å². The van der Waals surface area contributed by atoms with Gasteiger partial charge in [-0.3, -0.25) is 14.5 Å². The highest BCUT2D eigenvalue weighted by Crippen LogP contribution is 2.29. The van der Waals surface area contributed by atoms with Gasteiger partial charge >= 0.3 is 0 Å². The van der Waals surface area contributed by atoms with Crippen LogP contribution in [0.2, 0.25) is 0 Å². The van der Waals surface area contributed by atoms with Crippen LogP contribution in [0.4, 0.5) is 0 Å². The van der Waals surface area contributed by atoms with Gasteiger partial charge in [-0.15, -0.1) is 0 Å². The monoisotopic (exact) mass is 375 g/mol. The number of likely N-dealkylation sites (N-methyl/N-ethyl adjacent to an activating group) is 1. The van der Waals surface area contributed by atoms with Gasteiger partial charge in [0, 0.05) is 6.54 Å². The Bertz CT molecular complexity index is 683. The lowest BCUT2D eigenvalue weighted by atomic mass is 9.89. The van der Waals surface area contributed by atoms with Crippen LogP contribution in [0.1, 0.15) is 38.2 Å². The van der Waals surface area contributed by atoms with Crippen molar-refractivity contribution in [1.29, 1.82) is 0 Å². The maximum absolute atomic E-state index is 12.4. The smallest absolute Gasteiger partial charge is 0.287 e. The molecule has 0 aliphatic carbocycles. The fourth-order valence-electron chi connectivity index (χ4n) is 4.43. The van der Waals surface area contributed by atoms with Crippen LogP contribution in [0.3, 0.4) is 0 Å². The Morgan fingerprint density at radius 1 is 1.11 bits per heavy atom. The van der Waals surface area contributed by atoms with E-state index in [2.05, 4.69) is 12.1 Å². The molecule has 1 aromatic rings. The number of nitrogens with one attached hydrogen (secondary N) is 1. The van der Waals surface area contributed by atoms with Crippen LogP contribution in [0, 0.1) is 5.92 Å². The molecule has 27 heavy (non-hydrogen) atoms. The summed E-state index contributed by atoms with van der Waals surface area (Å²) in [4.78, 5) is 27.1. The van der Waals surface area contributed by atoms with Crippen LogP contribution >= 0.6 is 0 Å². The van der Waals surface area contributed by atoms with Crippen molar-refractivity contribution in [2.45, 2.75) is 45.1 Å². The van der Waals surface area contributed by atoms with Gasteiger partial charge in [0.25, 0.3) is 5.91 Å². The zero-order valence-corrected chi connectivity index (χ0v) is 16.6. The first-order chi connectivity index (χ1) is 13.1. The lowest BCUT2D eigenvalue weighted by Crippen LogP contribution is -3.17. The number of hydrogen-bond donors (Lipinski definition) is 1. The Balaban J connectivity index is 1.49. The maximum atomic E-state index is 12.4. The highest BCUT2D eigenvalue weighted by molar-refractivity contribution is 6.04. The average molecular weight is 375 g/mol. The largest absolute Gasteiger partial charge is 0.493 e. The third kappa shape index (κ3) is 4.26. The van der Waals surface area contributed by atoms with Crippen molar-refractivity contribution in [2.75, 3.05) is 33.9 Å². The van der Waals surface area contributed by atoms with E-state index >= 15 is 0 Å². The fraction of sp³-hybridized carbons (Fsp3) is 0.619. The van der Waals surface area contributed by atoms with E-state index in [1.165, 1.54) is 15.4 Å². The van der Waals surface area contributed by atoms with Crippen LogP contribution in [-0.4, -0.2) is 56.6 Å². The standard InChI is InChI=1S/C21H30N2O4/c1-4-23-20(24)14-17(21(23)25)22-11-9-15(10-12-22)5-6-16-7-8-18(26-2)19(13-16)27-3/h7-8,13,15,17H,4-6,9-12,14H2,1-3H3/p+1/t17-/m1/s1. The predicted octanol–water partition coefficient (Wildman–Crippen LogP) is 1.08. The average Bonchev–Trinajstić information content (AvgIpc) is 2.99. The molecule has 2 amide bonds. The Hall–Kier alpha value is -2.08. The first-order valence-corrected chi connectivity index (χ1v) is 9.97. The molecule has 2 aliphatic rings. The number of nitrogens with zero attached hydrogens (tertiary/aromatic N) is 1. The van der Waals surface area contributed by atoms with Crippen molar-refractivity contribution >= 4 is 11.8 Å². The molecule has 2 aliphatic heterocycles. The predicted molar refractivity (Wildman–Crippen MR) is 102 cm³/mol. The van der Waals surface area contributed by atoms with Gasteiger partial charge in [0.05, 0.1) is 33.7 Å². The summed E-state index contributed by atoms with van der Waals surface area (Å²) in [6.07, 6.45) is 4.78. The third-order valence-electron chi connectivity index (χ3n) is 6.09. The second kappa shape index (κ2) is 8.74. The second-order valence-corrected chi connectivity index (χ2v) is 7.56. The number of aryl methyl sites for hydroxylation is 1. The van der Waals surface area contributed by atoms with Crippen molar-refractivity contribution in [2.24, 2.45) is 5.92 Å². The Labute approximate surface area is 161 Å². The van der Waals surface area contributed by atoms with Crippen LogP contribution in [0.15, 0.2) is 18.2 Å². The van der Waals surface area contributed by atoms with Crippen molar-refractivity contribution in [3.63, 3.8) is 0 Å². The molecule has 0 saturated carbocycles. The summed E-state index contributed by atoms with van der Waals surface area (Å²) in [7, 11) is 3.31. The third-order valence-corrected chi connectivity index (χ3v) is 6.09. The van der Waals surface area contributed by atoms with Crippen LogP contribution in [0.25, 0.3) is 0 Å². The number of ether oxygens (including phenoxy) is 2. The molecule has 1 aromatic carbocycles. The number of hydrogen-bond acceptors (Lipinski definition) is 4. The molecule has 6 nitrogen and oxygen atoms in total. The topological polar surface area (TPSA) is 60.3 Å². The summed E-state index contributed by atoms with van der Waals surface area (Å²) in [5.41, 5.74) is 1.26. The number of carbonyl (C=O) groups excluding carboxylic acids is 2. The number of benzene rings is 1. The van der Waals surface area contributed by atoms with Crippen LogP contribution < -0.4 is 14.4 Å².